The van der Waals surface area contributed by atoms with Gasteiger partial charge in [0.15, 0.2) is 11.5 Å². The first-order valence-corrected chi connectivity index (χ1v) is 5.57. The van der Waals surface area contributed by atoms with Gasteiger partial charge in [0.25, 0.3) is 0 Å². The number of hydrogen-bond donors (Lipinski definition) is 2. The molecule has 0 atom stereocenters. The van der Waals surface area contributed by atoms with Gasteiger partial charge in [-0.05, 0) is 32.4 Å². The van der Waals surface area contributed by atoms with Crippen LogP contribution in [0.1, 0.15) is 37.6 Å². The number of phenols is 1. The molecular formula is C13H16O5. The normalized spacial score (nSPS) is 11.1. The summed E-state index contributed by atoms with van der Waals surface area (Å²) in [6.45, 7) is 5.27. The fourth-order valence-corrected chi connectivity index (χ4v) is 1.16. The van der Waals surface area contributed by atoms with E-state index in [1.807, 2.05) is 6.92 Å². The van der Waals surface area contributed by atoms with E-state index in [-0.39, 0.29) is 11.3 Å². The number of rotatable bonds is 4. The molecule has 0 fully saturated rings. The monoisotopic (exact) mass is 252 g/mol. The number of aromatic hydroxyl groups is 1. The van der Waals surface area contributed by atoms with Gasteiger partial charge in [-0.25, -0.2) is 4.79 Å². The zero-order chi connectivity index (χ0) is 13.9. The van der Waals surface area contributed by atoms with Crippen LogP contribution in [0.25, 0.3) is 0 Å². The third-order valence-electron chi connectivity index (χ3n) is 2.87. The summed E-state index contributed by atoms with van der Waals surface area (Å²) in [5, 5.41) is 18.5. The summed E-state index contributed by atoms with van der Waals surface area (Å²) < 4.78 is 5.04. The Kier molecular flexibility index (Phi) is 3.96. The first-order chi connectivity index (χ1) is 8.29. The average Bonchev–Trinajstić information content (AvgIpc) is 2.31. The van der Waals surface area contributed by atoms with Crippen LogP contribution in [-0.2, 0) is 4.79 Å². The molecule has 0 heterocycles. The van der Waals surface area contributed by atoms with Crippen LogP contribution in [0, 0.1) is 5.41 Å². The van der Waals surface area contributed by atoms with E-state index in [1.165, 1.54) is 18.2 Å². The highest BCUT2D eigenvalue weighted by Gasteiger charge is 2.29. The molecule has 0 radical (unpaired) electrons. The quantitative estimate of drug-likeness (QED) is 0.635. The van der Waals surface area contributed by atoms with Gasteiger partial charge in [-0.1, -0.05) is 13.0 Å². The number of benzene rings is 1. The topological polar surface area (TPSA) is 83.8 Å². The minimum absolute atomic E-state index is 0.138. The summed E-state index contributed by atoms with van der Waals surface area (Å²) in [6.07, 6.45) is 0.575. The number of carboxylic acids is 1. The number of para-hydroxylation sites is 1. The van der Waals surface area contributed by atoms with Crippen LogP contribution < -0.4 is 4.74 Å². The Bertz CT molecular complexity index is 476. The number of hydrogen-bond acceptors (Lipinski definition) is 4. The first kappa shape index (κ1) is 14.0. The Morgan fingerprint density at radius 1 is 1.33 bits per heavy atom. The number of carbonyl (C=O) groups excluding carboxylic acids is 1. The molecule has 1 aromatic carbocycles. The Labute approximate surface area is 105 Å². The molecule has 18 heavy (non-hydrogen) atoms. The first-order valence-electron chi connectivity index (χ1n) is 5.57. The maximum absolute atomic E-state index is 11.8. The average molecular weight is 252 g/mol. The largest absolute Gasteiger partial charge is 0.504 e. The summed E-state index contributed by atoms with van der Waals surface area (Å²) in [5.41, 5.74) is -0.985. The van der Waals surface area contributed by atoms with Gasteiger partial charge >= 0.3 is 11.9 Å². The molecule has 1 aromatic rings. The standard InChI is InChI=1S/C13H16O5/c1-4-13(2,3)12(17)18-9-7-5-6-8(10(9)14)11(15)16/h5-7,14H,4H2,1-3H3,(H,15,16). The molecule has 0 bridgehead atoms. The van der Waals surface area contributed by atoms with Crippen molar-refractivity contribution in [2.45, 2.75) is 27.2 Å². The summed E-state index contributed by atoms with van der Waals surface area (Å²) in [7, 11) is 0. The maximum Gasteiger partial charge on any atom is 0.339 e. The molecule has 0 saturated heterocycles. The van der Waals surface area contributed by atoms with Gasteiger partial charge in [0.1, 0.15) is 5.56 Å². The molecule has 5 nitrogen and oxygen atoms in total. The zero-order valence-corrected chi connectivity index (χ0v) is 10.6. The van der Waals surface area contributed by atoms with E-state index >= 15 is 0 Å². The number of ether oxygens (including phenoxy) is 1. The smallest absolute Gasteiger partial charge is 0.339 e. The summed E-state index contributed by atoms with van der Waals surface area (Å²) >= 11 is 0. The van der Waals surface area contributed by atoms with Crippen LogP contribution in [0.5, 0.6) is 11.5 Å². The second kappa shape index (κ2) is 5.08. The highest BCUT2D eigenvalue weighted by Crippen LogP contribution is 2.32. The molecule has 2 N–H and O–H groups in total. The minimum atomic E-state index is -1.28. The second-order valence-electron chi connectivity index (χ2n) is 4.58. The molecule has 0 unspecified atom stereocenters. The maximum atomic E-state index is 11.8. The molecular weight excluding hydrogens is 236 g/mol. The van der Waals surface area contributed by atoms with Gasteiger partial charge in [-0.2, -0.15) is 0 Å². The van der Waals surface area contributed by atoms with Gasteiger partial charge in [0.2, 0.25) is 0 Å². The van der Waals surface area contributed by atoms with Crippen molar-refractivity contribution >= 4 is 11.9 Å². The summed E-state index contributed by atoms with van der Waals surface area (Å²) in [6, 6.07) is 4.00. The van der Waals surface area contributed by atoms with Crippen LogP contribution in [0.4, 0.5) is 0 Å². The lowest BCUT2D eigenvalue weighted by Crippen LogP contribution is -2.28. The van der Waals surface area contributed by atoms with E-state index in [0.29, 0.717) is 6.42 Å². The fourth-order valence-electron chi connectivity index (χ4n) is 1.16. The molecule has 0 aliphatic carbocycles. The van der Waals surface area contributed by atoms with Crippen molar-refractivity contribution in [3.8, 4) is 11.5 Å². The Morgan fingerprint density at radius 3 is 2.44 bits per heavy atom. The molecule has 0 aliphatic heterocycles. The lowest BCUT2D eigenvalue weighted by Gasteiger charge is -2.20. The van der Waals surface area contributed by atoms with Gasteiger partial charge in [-0.3, -0.25) is 4.79 Å². The zero-order valence-electron chi connectivity index (χ0n) is 10.6. The third kappa shape index (κ3) is 2.80. The summed E-state index contributed by atoms with van der Waals surface area (Å²) in [5.74, 6) is -2.46. The van der Waals surface area contributed by atoms with Crippen LogP contribution in [-0.4, -0.2) is 22.2 Å². The number of aromatic carboxylic acids is 1. The molecule has 1 rings (SSSR count). The molecule has 98 valence electrons. The van der Waals surface area contributed by atoms with E-state index in [4.69, 9.17) is 9.84 Å². The van der Waals surface area contributed by atoms with E-state index in [9.17, 15) is 14.7 Å². The van der Waals surface area contributed by atoms with Crippen LogP contribution >= 0.6 is 0 Å². The SMILES string of the molecule is CCC(C)(C)C(=O)Oc1cccc(C(=O)O)c1O. The van der Waals surface area contributed by atoms with Gasteiger partial charge in [0, 0.05) is 0 Å². The molecule has 5 heteroatoms. The fraction of sp³-hybridized carbons (Fsp3) is 0.385. The molecule has 0 aromatic heterocycles. The predicted molar refractivity (Wildman–Crippen MR) is 64.8 cm³/mol. The number of esters is 1. The Morgan fingerprint density at radius 2 is 1.94 bits per heavy atom. The summed E-state index contributed by atoms with van der Waals surface area (Å²) in [4.78, 5) is 22.6. The van der Waals surface area contributed by atoms with E-state index < -0.39 is 23.1 Å². The van der Waals surface area contributed by atoms with Crippen molar-refractivity contribution in [3.63, 3.8) is 0 Å². The van der Waals surface area contributed by atoms with Crippen molar-refractivity contribution in [1.82, 2.24) is 0 Å². The van der Waals surface area contributed by atoms with Crippen molar-refractivity contribution in [2.75, 3.05) is 0 Å². The van der Waals surface area contributed by atoms with Crippen molar-refractivity contribution in [2.24, 2.45) is 5.41 Å². The molecule has 0 aliphatic rings. The van der Waals surface area contributed by atoms with Crippen molar-refractivity contribution in [1.29, 1.82) is 0 Å². The second-order valence-corrected chi connectivity index (χ2v) is 4.58. The predicted octanol–water partition coefficient (Wildman–Crippen LogP) is 2.43. The van der Waals surface area contributed by atoms with Crippen molar-refractivity contribution in [3.05, 3.63) is 23.8 Å². The van der Waals surface area contributed by atoms with Crippen molar-refractivity contribution < 1.29 is 24.5 Å². The minimum Gasteiger partial charge on any atom is -0.504 e. The number of carboxylic acid groups (broad SMARTS) is 1. The van der Waals surface area contributed by atoms with Gasteiger partial charge in [-0.15, -0.1) is 0 Å². The molecule has 0 amide bonds. The lowest BCUT2D eigenvalue weighted by atomic mass is 9.91. The van der Waals surface area contributed by atoms with E-state index in [2.05, 4.69) is 0 Å². The van der Waals surface area contributed by atoms with Crippen LogP contribution in [0.2, 0.25) is 0 Å². The van der Waals surface area contributed by atoms with E-state index in [0.717, 1.165) is 0 Å². The third-order valence-corrected chi connectivity index (χ3v) is 2.87. The van der Waals surface area contributed by atoms with Gasteiger partial charge in [0.05, 0.1) is 5.41 Å². The molecule has 0 spiro atoms. The van der Waals surface area contributed by atoms with Crippen LogP contribution in [0.15, 0.2) is 18.2 Å². The highest BCUT2D eigenvalue weighted by atomic mass is 16.5. The Balaban J connectivity index is 3.03. The van der Waals surface area contributed by atoms with Gasteiger partial charge < -0.3 is 14.9 Å². The molecule has 0 saturated carbocycles. The van der Waals surface area contributed by atoms with Crippen LogP contribution in [0.3, 0.4) is 0 Å². The van der Waals surface area contributed by atoms with E-state index in [1.54, 1.807) is 13.8 Å². The lowest BCUT2D eigenvalue weighted by molar-refractivity contribution is -0.144. The Hall–Kier alpha value is -2.04. The number of carbonyl (C=O) groups is 2. The highest BCUT2D eigenvalue weighted by molar-refractivity contribution is 5.92.